The number of hydrogen-bond donors (Lipinski definition) is 1. The van der Waals surface area contributed by atoms with E-state index in [1.807, 2.05) is 0 Å². The molecule has 0 amide bonds. The van der Waals surface area contributed by atoms with Gasteiger partial charge in [-0.2, -0.15) is 0 Å². The van der Waals surface area contributed by atoms with E-state index < -0.39 is 0 Å². The van der Waals surface area contributed by atoms with Gasteiger partial charge in [0.25, 0.3) is 0 Å². The van der Waals surface area contributed by atoms with Gasteiger partial charge in [0.2, 0.25) is 0 Å². The minimum Gasteiger partial charge on any atom is -0.310 e. The fraction of sp³-hybridized carbons (Fsp3) is 0.700. The van der Waals surface area contributed by atoms with Gasteiger partial charge in [0, 0.05) is 6.04 Å². The monoisotopic (exact) mass is 289 g/mol. The van der Waals surface area contributed by atoms with Crippen molar-refractivity contribution in [3.8, 4) is 0 Å². The standard InChI is InChI=1S/C20H35N/c1-5-6-7-8-9-10-11-12-15-21-19(4)20-14-13-17(2)18(3)16-20/h13-14,16,19,21H,5-12,15H2,1-4H3. The maximum atomic E-state index is 3.66. The van der Waals surface area contributed by atoms with Gasteiger partial charge < -0.3 is 5.32 Å². The first-order valence-electron chi connectivity index (χ1n) is 8.95. The Morgan fingerprint density at radius 2 is 1.48 bits per heavy atom. The maximum absolute atomic E-state index is 3.66. The molecule has 0 aliphatic heterocycles. The van der Waals surface area contributed by atoms with Gasteiger partial charge in [-0.15, -0.1) is 0 Å². The third kappa shape index (κ3) is 7.66. The summed E-state index contributed by atoms with van der Waals surface area (Å²) in [5, 5.41) is 3.66. The van der Waals surface area contributed by atoms with E-state index in [-0.39, 0.29) is 0 Å². The van der Waals surface area contributed by atoms with Gasteiger partial charge in [-0.3, -0.25) is 0 Å². The molecular weight excluding hydrogens is 254 g/mol. The lowest BCUT2D eigenvalue weighted by Crippen LogP contribution is -2.19. The Labute approximate surface area is 132 Å². The summed E-state index contributed by atoms with van der Waals surface area (Å²) in [6.07, 6.45) is 11.1. The Bertz CT molecular complexity index is 383. The molecule has 0 heterocycles. The summed E-state index contributed by atoms with van der Waals surface area (Å²) in [7, 11) is 0. The van der Waals surface area contributed by atoms with Crippen molar-refractivity contribution in [3.63, 3.8) is 0 Å². The Morgan fingerprint density at radius 3 is 2.10 bits per heavy atom. The van der Waals surface area contributed by atoms with Crippen LogP contribution in [0.15, 0.2) is 18.2 Å². The highest BCUT2D eigenvalue weighted by atomic mass is 14.9. The van der Waals surface area contributed by atoms with E-state index in [1.165, 1.54) is 68.1 Å². The molecule has 1 aromatic rings. The third-order valence-electron chi connectivity index (χ3n) is 4.51. The van der Waals surface area contributed by atoms with Crippen LogP contribution in [0.3, 0.4) is 0 Å². The summed E-state index contributed by atoms with van der Waals surface area (Å²) in [5.41, 5.74) is 4.19. The lowest BCUT2D eigenvalue weighted by Gasteiger charge is -2.15. The molecule has 1 atom stereocenters. The van der Waals surface area contributed by atoms with Crippen LogP contribution >= 0.6 is 0 Å². The zero-order chi connectivity index (χ0) is 15.5. The van der Waals surface area contributed by atoms with Gasteiger partial charge in [0.05, 0.1) is 0 Å². The number of nitrogens with one attached hydrogen (secondary N) is 1. The molecular formula is C20H35N. The average Bonchev–Trinajstić information content (AvgIpc) is 2.48. The predicted molar refractivity (Wildman–Crippen MR) is 94.9 cm³/mol. The molecule has 1 N–H and O–H groups in total. The minimum absolute atomic E-state index is 0.467. The normalized spacial score (nSPS) is 12.6. The molecule has 0 saturated carbocycles. The number of rotatable bonds is 11. The molecule has 21 heavy (non-hydrogen) atoms. The van der Waals surface area contributed by atoms with E-state index >= 15 is 0 Å². The summed E-state index contributed by atoms with van der Waals surface area (Å²) in [4.78, 5) is 0. The van der Waals surface area contributed by atoms with E-state index in [1.54, 1.807) is 0 Å². The van der Waals surface area contributed by atoms with E-state index in [2.05, 4.69) is 51.2 Å². The van der Waals surface area contributed by atoms with Crippen molar-refractivity contribution in [3.05, 3.63) is 34.9 Å². The number of hydrogen-bond acceptors (Lipinski definition) is 1. The molecule has 0 aliphatic rings. The first-order valence-corrected chi connectivity index (χ1v) is 8.95. The highest BCUT2D eigenvalue weighted by Gasteiger charge is 2.05. The van der Waals surface area contributed by atoms with Crippen LogP contribution in [0, 0.1) is 13.8 Å². The van der Waals surface area contributed by atoms with Crippen LogP contribution in [0.25, 0.3) is 0 Å². The third-order valence-corrected chi connectivity index (χ3v) is 4.51. The van der Waals surface area contributed by atoms with Crippen molar-refractivity contribution in [1.29, 1.82) is 0 Å². The fourth-order valence-electron chi connectivity index (χ4n) is 2.73. The van der Waals surface area contributed by atoms with Crippen LogP contribution in [0.1, 0.15) is 87.9 Å². The molecule has 1 rings (SSSR count). The zero-order valence-corrected chi connectivity index (χ0v) is 14.7. The average molecular weight is 290 g/mol. The van der Waals surface area contributed by atoms with Gasteiger partial charge in [0.1, 0.15) is 0 Å². The van der Waals surface area contributed by atoms with Crippen molar-refractivity contribution in [2.75, 3.05) is 6.54 Å². The first kappa shape index (κ1) is 18.2. The summed E-state index contributed by atoms with van der Waals surface area (Å²) in [6, 6.07) is 7.28. The SMILES string of the molecule is CCCCCCCCCCNC(C)c1ccc(C)c(C)c1. The van der Waals surface area contributed by atoms with Crippen molar-refractivity contribution in [2.45, 2.75) is 85.1 Å². The highest BCUT2D eigenvalue weighted by molar-refractivity contribution is 5.31. The topological polar surface area (TPSA) is 12.0 Å². The Morgan fingerprint density at radius 1 is 0.857 bits per heavy atom. The Hall–Kier alpha value is -0.820. The quantitative estimate of drug-likeness (QED) is 0.486. The highest BCUT2D eigenvalue weighted by Crippen LogP contribution is 2.17. The molecule has 1 heteroatoms. The van der Waals surface area contributed by atoms with Crippen LogP contribution in [-0.2, 0) is 0 Å². The van der Waals surface area contributed by atoms with Gasteiger partial charge >= 0.3 is 0 Å². The largest absolute Gasteiger partial charge is 0.310 e. The summed E-state index contributed by atoms with van der Waals surface area (Å²) >= 11 is 0. The first-order chi connectivity index (χ1) is 10.1. The van der Waals surface area contributed by atoms with Crippen LogP contribution in [0.2, 0.25) is 0 Å². The molecule has 0 radical (unpaired) electrons. The van der Waals surface area contributed by atoms with E-state index in [0.717, 1.165) is 6.54 Å². The summed E-state index contributed by atoms with van der Waals surface area (Å²) < 4.78 is 0. The summed E-state index contributed by atoms with van der Waals surface area (Å²) in [6.45, 7) is 10.1. The van der Waals surface area contributed by atoms with Gasteiger partial charge in [0.15, 0.2) is 0 Å². The molecule has 1 aromatic carbocycles. The lowest BCUT2D eigenvalue weighted by atomic mass is 10.0. The van der Waals surface area contributed by atoms with Crippen molar-refractivity contribution in [1.82, 2.24) is 5.32 Å². The number of unbranched alkanes of at least 4 members (excludes halogenated alkanes) is 7. The molecule has 120 valence electrons. The lowest BCUT2D eigenvalue weighted by molar-refractivity contribution is 0.521. The van der Waals surface area contributed by atoms with E-state index in [0.29, 0.717) is 6.04 Å². The molecule has 0 saturated heterocycles. The van der Waals surface area contributed by atoms with Crippen molar-refractivity contribution >= 4 is 0 Å². The second kappa shape index (κ2) is 10.8. The van der Waals surface area contributed by atoms with Crippen molar-refractivity contribution in [2.24, 2.45) is 0 Å². The van der Waals surface area contributed by atoms with Crippen molar-refractivity contribution < 1.29 is 0 Å². The Balaban J connectivity index is 2.08. The van der Waals surface area contributed by atoms with Crippen LogP contribution in [0.5, 0.6) is 0 Å². The molecule has 0 aliphatic carbocycles. The second-order valence-corrected chi connectivity index (χ2v) is 6.49. The van der Waals surface area contributed by atoms with Crippen LogP contribution in [0.4, 0.5) is 0 Å². The number of benzene rings is 1. The van der Waals surface area contributed by atoms with Gasteiger partial charge in [-0.1, -0.05) is 70.1 Å². The fourth-order valence-corrected chi connectivity index (χ4v) is 2.73. The van der Waals surface area contributed by atoms with Crippen LogP contribution in [-0.4, -0.2) is 6.54 Å². The molecule has 1 nitrogen and oxygen atoms in total. The molecule has 0 fully saturated rings. The van der Waals surface area contributed by atoms with Gasteiger partial charge in [-0.05, 0) is 50.4 Å². The number of aryl methyl sites for hydroxylation is 2. The maximum Gasteiger partial charge on any atom is 0.0291 e. The van der Waals surface area contributed by atoms with Crippen LogP contribution < -0.4 is 5.32 Å². The Kier molecular flexibility index (Phi) is 9.41. The summed E-state index contributed by atoms with van der Waals surface area (Å²) in [5.74, 6) is 0. The molecule has 0 aromatic heterocycles. The molecule has 0 bridgehead atoms. The smallest absolute Gasteiger partial charge is 0.0291 e. The molecule has 1 unspecified atom stereocenters. The van der Waals surface area contributed by atoms with E-state index in [9.17, 15) is 0 Å². The minimum atomic E-state index is 0.467. The second-order valence-electron chi connectivity index (χ2n) is 6.49. The zero-order valence-electron chi connectivity index (χ0n) is 14.7. The predicted octanol–water partition coefficient (Wildman–Crippen LogP) is 6.09. The molecule has 0 spiro atoms. The van der Waals surface area contributed by atoms with E-state index in [4.69, 9.17) is 0 Å². The van der Waals surface area contributed by atoms with Gasteiger partial charge in [-0.25, -0.2) is 0 Å².